The van der Waals surface area contributed by atoms with E-state index in [2.05, 4.69) is 9.56 Å². The van der Waals surface area contributed by atoms with Crippen LogP contribution >= 0.6 is 8.81 Å². The van der Waals surface area contributed by atoms with E-state index in [0.717, 1.165) is 0 Å². The molecular weight excluding hydrogens is 101 g/mol. The Balaban J connectivity index is 2.37. The first-order valence-electron chi connectivity index (χ1n) is 1.51. The van der Waals surface area contributed by atoms with Crippen LogP contribution in [0.1, 0.15) is 0 Å². The molecule has 0 radical (unpaired) electrons. The zero-order valence-corrected chi connectivity index (χ0v) is 4.02. The summed E-state index contributed by atoms with van der Waals surface area (Å²) in [5.41, 5.74) is 0.537. The van der Waals surface area contributed by atoms with Crippen molar-refractivity contribution in [3.05, 3.63) is 0 Å². The van der Waals surface area contributed by atoms with Gasteiger partial charge in [-0.2, -0.15) is 0 Å². The van der Waals surface area contributed by atoms with E-state index in [1.807, 2.05) is 0 Å². The molecule has 3 nitrogen and oxygen atoms in total. The van der Waals surface area contributed by atoms with E-state index < -0.39 is 0 Å². The van der Waals surface area contributed by atoms with Crippen molar-refractivity contribution >= 4 is 14.3 Å². The smallest absolute Gasteiger partial charge is 0.126 e. The Morgan fingerprint density at radius 3 is 2.83 bits per heavy atom. The molecule has 1 aliphatic heterocycles. The van der Waals surface area contributed by atoms with Crippen LogP contribution in [0.5, 0.6) is 0 Å². The molecule has 1 unspecified atom stereocenters. The lowest BCUT2D eigenvalue weighted by atomic mass is 10.8. The van der Waals surface area contributed by atoms with Crippen molar-refractivity contribution < 1.29 is 9.56 Å². The number of rotatable bonds is 0. The van der Waals surface area contributed by atoms with Crippen molar-refractivity contribution in [1.82, 2.24) is 0 Å². The lowest BCUT2D eigenvalue weighted by molar-refractivity contribution is -0.167. The molecule has 1 fully saturated rings. The monoisotopic (exact) mass is 105 g/mol. The van der Waals surface area contributed by atoms with Crippen LogP contribution in [0.25, 0.3) is 0 Å². The van der Waals surface area contributed by atoms with Gasteiger partial charge in [-0.15, -0.1) is 0 Å². The van der Waals surface area contributed by atoms with Crippen LogP contribution in [0.2, 0.25) is 0 Å². The largest absolute Gasteiger partial charge is 0.300 e. The highest BCUT2D eigenvalue weighted by Gasteiger charge is 2.05. The highest BCUT2D eigenvalue weighted by Crippen LogP contribution is 2.20. The Hall–Kier alpha value is 0.0200. The van der Waals surface area contributed by atoms with Crippen LogP contribution in [0, 0.1) is 5.41 Å². The molecule has 0 saturated carbocycles. The SMILES string of the molecule is N=C1COOP1. The van der Waals surface area contributed by atoms with Crippen molar-refractivity contribution in [3.8, 4) is 0 Å². The van der Waals surface area contributed by atoms with Crippen LogP contribution < -0.4 is 0 Å². The maximum absolute atomic E-state index is 6.81. The van der Waals surface area contributed by atoms with Gasteiger partial charge in [0.25, 0.3) is 0 Å². The summed E-state index contributed by atoms with van der Waals surface area (Å²) in [6.45, 7) is 0.360. The molecular formula is C2H4NO2P. The third-order valence-corrected chi connectivity index (χ3v) is 1.02. The van der Waals surface area contributed by atoms with Gasteiger partial charge in [0.1, 0.15) is 15.4 Å². The normalized spacial score (nSPS) is 26.3. The van der Waals surface area contributed by atoms with Gasteiger partial charge in [0, 0.05) is 0 Å². The van der Waals surface area contributed by atoms with Crippen LogP contribution in [0.4, 0.5) is 0 Å². The van der Waals surface area contributed by atoms with E-state index in [1.165, 1.54) is 0 Å². The molecule has 0 spiro atoms. The van der Waals surface area contributed by atoms with Crippen molar-refractivity contribution in [3.63, 3.8) is 0 Å². The van der Waals surface area contributed by atoms with Crippen LogP contribution in [0.3, 0.4) is 0 Å². The van der Waals surface area contributed by atoms with Gasteiger partial charge in [-0.25, -0.2) is 9.56 Å². The summed E-state index contributed by atoms with van der Waals surface area (Å²) in [5.74, 6) is 0. The van der Waals surface area contributed by atoms with Gasteiger partial charge in [-0.1, -0.05) is 0 Å². The molecule has 1 heterocycles. The minimum absolute atomic E-state index is 0.144. The molecule has 0 aliphatic carbocycles. The van der Waals surface area contributed by atoms with Crippen molar-refractivity contribution in [2.24, 2.45) is 0 Å². The quantitative estimate of drug-likeness (QED) is 0.360. The standard InChI is InChI=1S/C2H4NO2P/c3-2-1-4-5-6-2/h3,6H,1H2. The molecule has 0 aromatic rings. The summed E-state index contributed by atoms with van der Waals surface area (Å²) in [4.78, 5) is 4.34. The minimum atomic E-state index is 0.144. The van der Waals surface area contributed by atoms with Gasteiger partial charge in [0.15, 0.2) is 0 Å². The molecule has 34 valence electrons. The van der Waals surface area contributed by atoms with Crippen LogP contribution in [-0.4, -0.2) is 12.1 Å². The second-order valence-electron chi connectivity index (χ2n) is 0.926. The Labute approximate surface area is 36.9 Å². The van der Waals surface area contributed by atoms with Gasteiger partial charge in [-0.05, 0) is 0 Å². The van der Waals surface area contributed by atoms with Crippen molar-refractivity contribution in [2.75, 3.05) is 6.61 Å². The zero-order valence-electron chi connectivity index (χ0n) is 3.02. The summed E-state index contributed by atoms with van der Waals surface area (Å²) >= 11 is 0. The predicted molar refractivity (Wildman–Crippen MR) is 23.1 cm³/mol. The first-order chi connectivity index (χ1) is 2.89. The Bertz CT molecular complexity index is 65.9. The Morgan fingerprint density at radius 2 is 2.67 bits per heavy atom. The fourth-order valence-electron chi connectivity index (χ4n) is 0.198. The topological polar surface area (TPSA) is 42.3 Å². The summed E-state index contributed by atoms with van der Waals surface area (Å²) in [5, 5.41) is 6.81. The summed E-state index contributed by atoms with van der Waals surface area (Å²) in [6.07, 6.45) is 0. The second kappa shape index (κ2) is 1.65. The fourth-order valence-corrected chi connectivity index (χ4v) is 0.534. The third kappa shape index (κ3) is 0.744. The van der Waals surface area contributed by atoms with Crippen LogP contribution in [0.15, 0.2) is 0 Å². The summed E-state index contributed by atoms with van der Waals surface area (Å²) < 4.78 is 4.36. The molecule has 1 rings (SSSR count). The van der Waals surface area contributed by atoms with Crippen molar-refractivity contribution in [1.29, 1.82) is 5.41 Å². The van der Waals surface area contributed by atoms with E-state index in [9.17, 15) is 0 Å². The van der Waals surface area contributed by atoms with Crippen LogP contribution in [-0.2, 0) is 9.56 Å². The van der Waals surface area contributed by atoms with E-state index in [0.29, 0.717) is 12.1 Å². The fraction of sp³-hybridized carbons (Fsp3) is 0.500. The molecule has 0 amide bonds. The summed E-state index contributed by atoms with van der Waals surface area (Å²) in [7, 11) is 0.144. The lowest BCUT2D eigenvalue weighted by Crippen LogP contribution is -1.85. The van der Waals surface area contributed by atoms with Gasteiger partial charge in [-0.3, -0.25) is 0 Å². The zero-order chi connectivity index (χ0) is 4.41. The van der Waals surface area contributed by atoms with Gasteiger partial charge < -0.3 is 5.41 Å². The third-order valence-electron chi connectivity index (χ3n) is 0.427. The molecule has 4 heteroatoms. The number of nitrogens with one attached hydrogen (secondary N) is 1. The average Bonchev–Trinajstić information content (AvgIpc) is 1.86. The summed E-state index contributed by atoms with van der Waals surface area (Å²) in [6, 6.07) is 0. The molecule has 1 N–H and O–H groups in total. The average molecular weight is 105 g/mol. The van der Waals surface area contributed by atoms with Gasteiger partial charge >= 0.3 is 0 Å². The Kier molecular flexibility index (Phi) is 1.15. The van der Waals surface area contributed by atoms with Gasteiger partial charge in [0.05, 0.1) is 5.45 Å². The number of hydrogen-bond acceptors (Lipinski definition) is 3. The number of hydrogen-bond donors (Lipinski definition) is 1. The van der Waals surface area contributed by atoms with E-state index in [-0.39, 0.29) is 8.81 Å². The molecule has 1 aliphatic rings. The molecule has 6 heavy (non-hydrogen) atoms. The highest BCUT2D eigenvalue weighted by atomic mass is 31.1. The van der Waals surface area contributed by atoms with E-state index >= 15 is 0 Å². The highest BCUT2D eigenvalue weighted by molar-refractivity contribution is 7.53. The molecule has 1 saturated heterocycles. The molecule has 0 aromatic heterocycles. The van der Waals surface area contributed by atoms with E-state index in [4.69, 9.17) is 5.41 Å². The lowest BCUT2D eigenvalue weighted by Gasteiger charge is -1.75. The minimum Gasteiger partial charge on any atom is -0.300 e. The predicted octanol–water partition coefficient (Wildman–Crippen LogP) is 0.519. The molecule has 0 bridgehead atoms. The molecule has 1 atom stereocenters. The molecule has 0 aromatic carbocycles. The Morgan fingerprint density at radius 1 is 1.83 bits per heavy atom. The van der Waals surface area contributed by atoms with Gasteiger partial charge in [0.2, 0.25) is 0 Å². The first kappa shape index (κ1) is 4.19. The maximum atomic E-state index is 6.81. The second-order valence-corrected chi connectivity index (χ2v) is 1.90. The van der Waals surface area contributed by atoms with E-state index in [1.54, 1.807) is 0 Å². The van der Waals surface area contributed by atoms with Crippen molar-refractivity contribution in [2.45, 2.75) is 0 Å². The maximum Gasteiger partial charge on any atom is 0.126 e. The first-order valence-corrected chi connectivity index (χ1v) is 2.42.